The molecule has 1 unspecified atom stereocenters. The van der Waals surface area contributed by atoms with Crippen LogP contribution in [0.15, 0.2) is 30.3 Å². The van der Waals surface area contributed by atoms with E-state index < -0.39 is 0 Å². The van der Waals surface area contributed by atoms with Gasteiger partial charge in [0.15, 0.2) is 6.29 Å². The standard InChI is InChI=1S/C18H27NO4/c1-18(2)12-15(16(21-3)22-4)10-11-19(18)17(20)23-13-14-8-6-5-7-9-14/h5-9,15-16H,10-13H2,1-4H3. The summed E-state index contributed by atoms with van der Waals surface area (Å²) in [6.07, 6.45) is 1.18. The fraction of sp³-hybridized carbons (Fsp3) is 0.611. The van der Waals surface area contributed by atoms with Crippen LogP contribution in [-0.4, -0.2) is 43.6 Å². The number of benzene rings is 1. The summed E-state index contributed by atoms with van der Waals surface area (Å²) in [4.78, 5) is 14.3. The van der Waals surface area contributed by atoms with Gasteiger partial charge in [0.05, 0.1) is 0 Å². The van der Waals surface area contributed by atoms with Crippen molar-refractivity contribution in [3.8, 4) is 0 Å². The molecule has 0 radical (unpaired) electrons. The molecule has 128 valence electrons. The van der Waals surface area contributed by atoms with Gasteiger partial charge in [-0.1, -0.05) is 30.3 Å². The molecule has 5 heteroatoms. The Labute approximate surface area is 138 Å². The Balaban J connectivity index is 1.93. The second-order valence-electron chi connectivity index (χ2n) is 6.60. The molecule has 0 bridgehead atoms. The molecule has 23 heavy (non-hydrogen) atoms. The van der Waals surface area contributed by atoms with Gasteiger partial charge in [0.1, 0.15) is 6.61 Å². The molecule has 5 nitrogen and oxygen atoms in total. The Morgan fingerprint density at radius 2 is 1.91 bits per heavy atom. The Morgan fingerprint density at radius 1 is 1.26 bits per heavy atom. The van der Waals surface area contributed by atoms with Gasteiger partial charge in [0.2, 0.25) is 0 Å². The van der Waals surface area contributed by atoms with Gasteiger partial charge >= 0.3 is 6.09 Å². The monoisotopic (exact) mass is 321 g/mol. The maximum Gasteiger partial charge on any atom is 0.410 e. The number of ether oxygens (including phenoxy) is 3. The van der Waals surface area contributed by atoms with Gasteiger partial charge in [-0.25, -0.2) is 4.79 Å². The predicted octanol–water partition coefficient (Wildman–Crippen LogP) is 3.43. The molecular weight excluding hydrogens is 294 g/mol. The highest BCUT2D eigenvalue weighted by molar-refractivity contribution is 5.68. The molecule has 1 amide bonds. The van der Waals surface area contributed by atoms with E-state index in [9.17, 15) is 4.79 Å². The summed E-state index contributed by atoms with van der Waals surface area (Å²) in [6, 6.07) is 9.72. The van der Waals surface area contributed by atoms with Crippen molar-refractivity contribution in [2.24, 2.45) is 5.92 Å². The number of carbonyl (C=O) groups is 1. The zero-order valence-corrected chi connectivity index (χ0v) is 14.5. The Hall–Kier alpha value is -1.59. The average Bonchev–Trinajstić information content (AvgIpc) is 2.54. The Bertz CT molecular complexity index is 499. The first-order chi connectivity index (χ1) is 11.0. The fourth-order valence-corrected chi connectivity index (χ4v) is 3.30. The minimum Gasteiger partial charge on any atom is -0.445 e. The number of nitrogens with zero attached hydrogens (tertiary/aromatic N) is 1. The third-order valence-corrected chi connectivity index (χ3v) is 4.49. The molecule has 0 saturated carbocycles. The molecule has 0 spiro atoms. The molecule has 1 aliphatic heterocycles. The third-order valence-electron chi connectivity index (χ3n) is 4.49. The topological polar surface area (TPSA) is 48.0 Å². The zero-order valence-electron chi connectivity index (χ0n) is 14.5. The molecule has 0 aliphatic carbocycles. The fourth-order valence-electron chi connectivity index (χ4n) is 3.30. The largest absolute Gasteiger partial charge is 0.445 e. The summed E-state index contributed by atoms with van der Waals surface area (Å²) in [6.45, 7) is 5.07. The molecule has 0 N–H and O–H groups in total. The molecule has 1 saturated heterocycles. The van der Waals surface area contributed by atoms with Gasteiger partial charge in [0, 0.05) is 32.2 Å². The van der Waals surface area contributed by atoms with Crippen LogP contribution in [0.1, 0.15) is 32.3 Å². The zero-order chi connectivity index (χ0) is 16.9. The van der Waals surface area contributed by atoms with Gasteiger partial charge in [-0.3, -0.25) is 0 Å². The minimum absolute atomic E-state index is 0.225. The quantitative estimate of drug-likeness (QED) is 0.780. The van der Waals surface area contributed by atoms with Crippen molar-refractivity contribution in [3.63, 3.8) is 0 Å². The maximum absolute atomic E-state index is 12.4. The van der Waals surface area contributed by atoms with Crippen LogP contribution in [0.4, 0.5) is 4.79 Å². The molecule has 1 atom stereocenters. The molecule has 1 aromatic carbocycles. The minimum atomic E-state index is -0.286. The van der Waals surface area contributed by atoms with Gasteiger partial charge in [-0.15, -0.1) is 0 Å². The van der Waals surface area contributed by atoms with Crippen LogP contribution >= 0.6 is 0 Å². The average molecular weight is 321 g/mol. The number of hydrogen-bond acceptors (Lipinski definition) is 4. The molecule has 1 aromatic rings. The second kappa shape index (κ2) is 7.79. The Morgan fingerprint density at radius 3 is 2.48 bits per heavy atom. The highest BCUT2D eigenvalue weighted by atomic mass is 16.7. The molecule has 0 aromatic heterocycles. The van der Waals surface area contributed by atoms with Crippen molar-refractivity contribution < 1.29 is 19.0 Å². The molecule has 1 fully saturated rings. The van der Waals surface area contributed by atoms with Gasteiger partial charge in [-0.05, 0) is 32.3 Å². The van der Waals surface area contributed by atoms with E-state index in [1.54, 1.807) is 14.2 Å². The van der Waals surface area contributed by atoms with E-state index in [0.717, 1.165) is 18.4 Å². The van der Waals surface area contributed by atoms with Crippen LogP contribution in [0.3, 0.4) is 0 Å². The van der Waals surface area contributed by atoms with Crippen LogP contribution in [0.5, 0.6) is 0 Å². The van der Waals surface area contributed by atoms with E-state index >= 15 is 0 Å². The number of rotatable bonds is 5. The van der Waals surface area contributed by atoms with Crippen molar-refractivity contribution in [1.82, 2.24) is 4.90 Å². The van der Waals surface area contributed by atoms with Crippen molar-refractivity contribution in [2.45, 2.75) is 45.1 Å². The van der Waals surface area contributed by atoms with Crippen LogP contribution in [0.25, 0.3) is 0 Å². The van der Waals surface area contributed by atoms with Gasteiger partial charge in [-0.2, -0.15) is 0 Å². The van der Waals surface area contributed by atoms with E-state index in [0.29, 0.717) is 13.2 Å². The van der Waals surface area contributed by atoms with Crippen molar-refractivity contribution in [1.29, 1.82) is 0 Å². The molecule has 1 heterocycles. The molecule has 1 aliphatic rings. The predicted molar refractivity (Wildman–Crippen MR) is 87.9 cm³/mol. The van der Waals surface area contributed by atoms with E-state index in [2.05, 4.69) is 13.8 Å². The Kier molecular flexibility index (Phi) is 6.02. The normalized spacial score (nSPS) is 20.6. The van der Waals surface area contributed by atoms with Crippen molar-refractivity contribution in [2.75, 3.05) is 20.8 Å². The van der Waals surface area contributed by atoms with Crippen molar-refractivity contribution >= 4 is 6.09 Å². The summed E-state index contributed by atoms with van der Waals surface area (Å²) >= 11 is 0. The van der Waals surface area contributed by atoms with Crippen LogP contribution in [0, 0.1) is 5.92 Å². The first-order valence-electron chi connectivity index (χ1n) is 8.02. The lowest BCUT2D eigenvalue weighted by Crippen LogP contribution is -2.54. The summed E-state index contributed by atoms with van der Waals surface area (Å²) in [5.41, 5.74) is 0.707. The van der Waals surface area contributed by atoms with E-state index in [1.807, 2.05) is 35.2 Å². The molecule has 2 rings (SSSR count). The summed E-state index contributed by atoms with van der Waals surface area (Å²) < 4.78 is 16.2. The molecular formula is C18H27NO4. The number of piperidine rings is 1. The lowest BCUT2D eigenvalue weighted by molar-refractivity contribution is -0.156. The van der Waals surface area contributed by atoms with Crippen LogP contribution in [-0.2, 0) is 20.8 Å². The third kappa shape index (κ3) is 4.45. The maximum atomic E-state index is 12.4. The number of methoxy groups -OCH3 is 2. The van der Waals surface area contributed by atoms with E-state index in [4.69, 9.17) is 14.2 Å². The summed E-state index contributed by atoms with van der Waals surface area (Å²) in [7, 11) is 3.31. The van der Waals surface area contributed by atoms with E-state index in [1.165, 1.54) is 0 Å². The summed E-state index contributed by atoms with van der Waals surface area (Å²) in [5.74, 6) is 0.276. The smallest absolute Gasteiger partial charge is 0.410 e. The first kappa shape index (κ1) is 17.8. The van der Waals surface area contributed by atoms with Crippen LogP contribution < -0.4 is 0 Å². The summed E-state index contributed by atoms with van der Waals surface area (Å²) in [5, 5.41) is 0. The highest BCUT2D eigenvalue weighted by Crippen LogP contribution is 2.34. The van der Waals surface area contributed by atoms with E-state index in [-0.39, 0.29) is 23.8 Å². The first-order valence-corrected chi connectivity index (χ1v) is 8.02. The second-order valence-corrected chi connectivity index (χ2v) is 6.60. The lowest BCUT2D eigenvalue weighted by atomic mass is 9.82. The van der Waals surface area contributed by atoms with Crippen LogP contribution in [0.2, 0.25) is 0 Å². The number of likely N-dealkylation sites (tertiary alicyclic amines) is 1. The van der Waals surface area contributed by atoms with Gasteiger partial charge < -0.3 is 19.1 Å². The number of hydrogen-bond donors (Lipinski definition) is 0. The van der Waals surface area contributed by atoms with Crippen molar-refractivity contribution in [3.05, 3.63) is 35.9 Å². The van der Waals surface area contributed by atoms with Gasteiger partial charge in [0.25, 0.3) is 0 Å². The number of carbonyl (C=O) groups excluding carboxylic acids is 1. The lowest BCUT2D eigenvalue weighted by Gasteiger charge is -2.46. The SMILES string of the molecule is COC(OC)C1CCN(C(=O)OCc2ccccc2)C(C)(C)C1. The number of amides is 1. The highest BCUT2D eigenvalue weighted by Gasteiger charge is 2.41.